The highest BCUT2D eigenvalue weighted by Gasteiger charge is 2.23. The quantitative estimate of drug-likeness (QED) is 0.866. The standard InChI is InChI=1S/C17H26N2O3S/c1-17(2,3)22-16(20)19-13-6-7-14-12(11-13)5-8-15(14)18-9-10-23(4)21/h6-7,11,15,18H,5,8-10H2,1-4H3,(H,19,20). The first-order valence-corrected chi connectivity index (χ1v) is 9.63. The average molecular weight is 338 g/mol. The molecule has 0 saturated carbocycles. The molecule has 0 aromatic heterocycles. The molecule has 1 aliphatic carbocycles. The van der Waals surface area contributed by atoms with Gasteiger partial charge in [-0.05, 0) is 56.9 Å². The first-order chi connectivity index (χ1) is 10.7. The van der Waals surface area contributed by atoms with E-state index >= 15 is 0 Å². The maximum atomic E-state index is 11.8. The molecule has 0 fully saturated rings. The second-order valence-corrected chi connectivity index (χ2v) is 8.42. The zero-order chi connectivity index (χ0) is 17.0. The first-order valence-electron chi connectivity index (χ1n) is 7.91. The molecule has 1 aliphatic rings. The number of hydrogen-bond donors (Lipinski definition) is 2. The molecular weight excluding hydrogens is 312 g/mol. The van der Waals surface area contributed by atoms with Crippen LogP contribution in [0.4, 0.5) is 10.5 Å². The topological polar surface area (TPSA) is 67.4 Å². The van der Waals surface area contributed by atoms with Crippen LogP contribution < -0.4 is 10.6 Å². The predicted molar refractivity (Wildman–Crippen MR) is 94.3 cm³/mol. The minimum atomic E-state index is -0.766. The highest BCUT2D eigenvalue weighted by atomic mass is 32.2. The fraction of sp³-hybridized carbons (Fsp3) is 0.588. The van der Waals surface area contributed by atoms with Gasteiger partial charge in [0, 0.05) is 41.1 Å². The van der Waals surface area contributed by atoms with E-state index in [-0.39, 0.29) is 0 Å². The van der Waals surface area contributed by atoms with Gasteiger partial charge in [-0.25, -0.2) is 4.79 Å². The van der Waals surface area contributed by atoms with Crippen LogP contribution >= 0.6 is 0 Å². The number of fused-ring (bicyclic) bond motifs is 1. The van der Waals surface area contributed by atoms with Gasteiger partial charge in [-0.3, -0.25) is 9.53 Å². The van der Waals surface area contributed by atoms with Crippen LogP contribution in [0.25, 0.3) is 0 Å². The van der Waals surface area contributed by atoms with E-state index in [1.165, 1.54) is 11.1 Å². The van der Waals surface area contributed by atoms with Crippen LogP contribution in [0.2, 0.25) is 0 Å². The lowest BCUT2D eigenvalue weighted by atomic mass is 10.1. The number of aryl methyl sites for hydroxylation is 1. The van der Waals surface area contributed by atoms with Crippen LogP contribution in [0.5, 0.6) is 0 Å². The summed E-state index contributed by atoms with van der Waals surface area (Å²) in [6, 6.07) is 6.28. The number of benzene rings is 1. The zero-order valence-electron chi connectivity index (χ0n) is 14.3. The van der Waals surface area contributed by atoms with Crippen LogP contribution in [0.1, 0.15) is 44.4 Å². The van der Waals surface area contributed by atoms with Gasteiger partial charge in [0.25, 0.3) is 0 Å². The van der Waals surface area contributed by atoms with E-state index in [4.69, 9.17) is 4.74 Å². The molecule has 1 amide bonds. The molecule has 128 valence electrons. The third-order valence-electron chi connectivity index (χ3n) is 3.65. The summed E-state index contributed by atoms with van der Waals surface area (Å²) >= 11 is 0. The molecule has 1 aromatic carbocycles. The minimum Gasteiger partial charge on any atom is -0.444 e. The molecule has 0 radical (unpaired) electrons. The summed E-state index contributed by atoms with van der Waals surface area (Å²) in [7, 11) is -0.766. The molecule has 2 atom stereocenters. The number of anilines is 1. The largest absolute Gasteiger partial charge is 0.444 e. The number of rotatable bonds is 5. The molecule has 0 heterocycles. The predicted octanol–water partition coefficient (Wildman–Crippen LogP) is 2.99. The van der Waals surface area contributed by atoms with Crippen LogP contribution in [0.3, 0.4) is 0 Å². The van der Waals surface area contributed by atoms with E-state index in [2.05, 4.69) is 16.7 Å². The van der Waals surface area contributed by atoms with E-state index in [9.17, 15) is 9.00 Å². The highest BCUT2D eigenvalue weighted by molar-refractivity contribution is 7.84. The van der Waals surface area contributed by atoms with Gasteiger partial charge in [-0.15, -0.1) is 0 Å². The summed E-state index contributed by atoms with van der Waals surface area (Å²) in [6.07, 6.45) is 3.29. The molecule has 6 heteroatoms. The summed E-state index contributed by atoms with van der Waals surface area (Å²) in [4.78, 5) is 11.8. The molecule has 2 N–H and O–H groups in total. The van der Waals surface area contributed by atoms with Gasteiger partial charge >= 0.3 is 6.09 Å². The number of carbonyl (C=O) groups is 1. The van der Waals surface area contributed by atoms with Crippen molar-refractivity contribution in [1.29, 1.82) is 0 Å². The summed E-state index contributed by atoms with van der Waals surface area (Å²) < 4.78 is 16.4. The Hall–Kier alpha value is -1.40. The van der Waals surface area contributed by atoms with Gasteiger partial charge in [0.1, 0.15) is 5.60 Å². The molecule has 0 saturated heterocycles. The van der Waals surface area contributed by atoms with Gasteiger partial charge < -0.3 is 10.1 Å². The number of hydrogen-bond acceptors (Lipinski definition) is 4. The van der Waals surface area contributed by atoms with E-state index in [1.54, 1.807) is 6.26 Å². The lowest BCUT2D eigenvalue weighted by Gasteiger charge is -2.20. The van der Waals surface area contributed by atoms with Gasteiger partial charge in [0.2, 0.25) is 0 Å². The van der Waals surface area contributed by atoms with Gasteiger partial charge in [-0.2, -0.15) is 0 Å². The molecule has 2 unspecified atom stereocenters. The SMILES string of the molecule is CS(=O)CCNC1CCc2cc(NC(=O)OC(C)(C)C)ccc21. The van der Waals surface area contributed by atoms with Gasteiger partial charge in [0.15, 0.2) is 0 Å². The molecular formula is C17H26N2O3S. The van der Waals surface area contributed by atoms with Crippen molar-refractivity contribution in [1.82, 2.24) is 5.32 Å². The Bertz CT molecular complexity index is 596. The first kappa shape index (κ1) is 17.9. The fourth-order valence-corrected chi connectivity index (χ4v) is 3.11. The van der Waals surface area contributed by atoms with Crippen LogP contribution in [0, 0.1) is 0 Å². The number of nitrogens with one attached hydrogen (secondary N) is 2. The van der Waals surface area contributed by atoms with Crippen molar-refractivity contribution >= 4 is 22.6 Å². The lowest BCUT2D eigenvalue weighted by molar-refractivity contribution is 0.0636. The van der Waals surface area contributed by atoms with Crippen LogP contribution in [0.15, 0.2) is 18.2 Å². The normalized spacial score (nSPS) is 18.3. The Balaban J connectivity index is 1.96. The van der Waals surface area contributed by atoms with Crippen molar-refractivity contribution in [2.45, 2.75) is 45.3 Å². The smallest absolute Gasteiger partial charge is 0.412 e. The molecule has 5 nitrogen and oxygen atoms in total. The number of amides is 1. The van der Waals surface area contributed by atoms with Crippen LogP contribution in [-0.2, 0) is 22.0 Å². The molecule has 0 aliphatic heterocycles. The summed E-state index contributed by atoms with van der Waals surface area (Å²) in [5.41, 5.74) is 2.76. The maximum Gasteiger partial charge on any atom is 0.412 e. The summed E-state index contributed by atoms with van der Waals surface area (Å²) in [5, 5.41) is 6.23. The minimum absolute atomic E-state index is 0.309. The Morgan fingerprint density at radius 1 is 1.39 bits per heavy atom. The van der Waals surface area contributed by atoms with E-state index in [0.717, 1.165) is 25.1 Å². The molecule has 0 bridgehead atoms. The van der Waals surface area contributed by atoms with Crippen LogP contribution in [-0.4, -0.2) is 34.5 Å². The van der Waals surface area contributed by atoms with Crippen molar-refractivity contribution in [3.05, 3.63) is 29.3 Å². The third-order valence-corrected chi connectivity index (χ3v) is 4.43. The lowest BCUT2D eigenvalue weighted by Crippen LogP contribution is -2.27. The Morgan fingerprint density at radius 2 is 2.13 bits per heavy atom. The van der Waals surface area contributed by atoms with Gasteiger partial charge in [0.05, 0.1) is 0 Å². The number of carbonyl (C=O) groups excluding carboxylic acids is 1. The monoisotopic (exact) mass is 338 g/mol. The van der Waals surface area contributed by atoms with Crippen molar-refractivity contribution < 1.29 is 13.7 Å². The average Bonchev–Trinajstić information content (AvgIpc) is 2.78. The Kier molecular flexibility index (Phi) is 5.81. The molecule has 0 spiro atoms. The van der Waals surface area contributed by atoms with E-state index in [1.807, 2.05) is 32.9 Å². The zero-order valence-corrected chi connectivity index (χ0v) is 15.1. The highest BCUT2D eigenvalue weighted by Crippen LogP contribution is 2.32. The molecule has 1 aromatic rings. The van der Waals surface area contributed by atoms with Crippen molar-refractivity contribution in [2.75, 3.05) is 23.9 Å². The maximum absolute atomic E-state index is 11.8. The van der Waals surface area contributed by atoms with E-state index in [0.29, 0.717) is 11.8 Å². The molecule has 2 rings (SSSR count). The Labute approximate surface area is 140 Å². The fourth-order valence-electron chi connectivity index (χ4n) is 2.71. The summed E-state index contributed by atoms with van der Waals surface area (Å²) in [6.45, 7) is 6.28. The number of ether oxygens (including phenoxy) is 1. The summed E-state index contributed by atoms with van der Waals surface area (Å²) in [5.74, 6) is 0.671. The molecule has 23 heavy (non-hydrogen) atoms. The van der Waals surface area contributed by atoms with Crippen molar-refractivity contribution in [3.8, 4) is 0 Å². The second kappa shape index (κ2) is 7.45. The van der Waals surface area contributed by atoms with Gasteiger partial charge in [-0.1, -0.05) is 6.07 Å². The van der Waals surface area contributed by atoms with Crippen molar-refractivity contribution in [2.24, 2.45) is 0 Å². The third kappa shape index (κ3) is 5.62. The Morgan fingerprint density at radius 3 is 2.78 bits per heavy atom. The van der Waals surface area contributed by atoms with E-state index < -0.39 is 22.5 Å². The van der Waals surface area contributed by atoms with Crippen molar-refractivity contribution in [3.63, 3.8) is 0 Å². The second-order valence-electron chi connectivity index (χ2n) is 6.86.